The average molecular weight is 327 g/mol. The summed E-state index contributed by atoms with van der Waals surface area (Å²) < 4.78 is 0. The molecule has 0 spiro atoms. The average Bonchev–Trinajstić information content (AvgIpc) is 3.26. The van der Waals surface area contributed by atoms with E-state index in [1.54, 1.807) is 0 Å². The third kappa shape index (κ3) is 2.71. The second kappa shape index (κ2) is 6.20. The highest BCUT2D eigenvalue weighted by Gasteiger charge is 2.49. The molecule has 128 valence electrons. The van der Waals surface area contributed by atoms with Crippen molar-refractivity contribution in [1.29, 1.82) is 0 Å². The van der Waals surface area contributed by atoms with Gasteiger partial charge in [-0.2, -0.15) is 0 Å². The molecule has 5 heteroatoms. The van der Waals surface area contributed by atoms with Crippen molar-refractivity contribution in [2.24, 2.45) is 23.5 Å². The van der Waals surface area contributed by atoms with Gasteiger partial charge >= 0.3 is 0 Å². The number of nitrogens with one attached hydrogen (secondary N) is 1. The molecular formula is C19H25N3O2. The molecule has 2 saturated carbocycles. The van der Waals surface area contributed by atoms with E-state index in [1.807, 2.05) is 35.2 Å². The van der Waals surface area contributed by atoms with Gasteiger partial charge in [-0.25, -0.2) is 0 Å². The first kappa shape index (κ1) is 15.6. The van der Waals surface area contributed by atoms with Crippen molar-refractivity contribution in [2.75, 3.05) is 6.54 Å². The van der Waals surface area contributed by atoms with E-state index in [2.05, 4.69) is 5.32 Å². The molecule has 24 heavy (non-hydrogen) atoms. The number of likely N-dealkylation sites (tertiary alicyclic amines) is 1. The van der Waals surface area contributed by atoms with Gasteiger partial charge in [-0.1, -0.05) is 30.3 Å². The number of carbonyl (C=O) groups excluding carboxylic acids is 2. The van der Waals surface area contributed by atoms with Gasteiger partial charge in [0.25, 0.3) is 0 Å². The lowest BCUT2D eigenvalue weighted by Gasteiger charge is -2.28. The van der Waals surface area contributed by atoms with Gasteiger partial charge in [0.15, 0.2) is 0 Å². The van der Waals surface area contributed by atoms with E-state index < -0.39 is 0 Å². The molecule has 2 bridgehead atoms. The second-order valence-corrected chi connectivity index (χ2v) is 7.53. The molecule has 3 N–H and O–H groups in total. The van der Waals surface area contributed by atoms with E-state index in [9.17, 15) is 9.59 Å². The Morgan fingerprint density at radius 1 is 1.17 bits per heavy atom. The van der Waals surface area contributed by atoms with Crippen LogP contribution in [0.15, 0.2) is 30.3 Å². The van der Waals surface area contributed by atoms with Gasteiger partial charge in [-0.3, -0.25) is 9.59 Å². The van der Waals surface area contributed by atoms with Gasteiger partial charge in [-0.15, -0.1) is 0 Å². The highest BCUT2D eigenvalue weighted by Crippen LogP contribution is 2.47. The molecule has 5 atom stereocenters. The summed E-state index contributed by atoms with van der Waals surface area (Å²) in [6.45, 7) is 1.31. The molecule has 1 saturated heterocycles. The Morgan fingerprint density at radius 2 is 1.92 bits per heavy atom. The van der Waals surface area contributed by atoms with Crippen LogP contribution in [0.4, 0.5) is 0 Å². The van der Waals surface area contributed by atoms with Crippen molar-refractivity contribution in [1.82, 2.24) is 10.2 Å². The Labute approximate surface area is 142 Å². The lowest BCUT2D eigenvalue weighted by molar-refractivity contribution is -0.135. The third-order valence-corrected chi connectivity index (χ3v) is 6.11. The quantitative estimate of drug-likeness (QED) is 0.875. The second-order valence-electron chi connectivity index (χ2n) is 7.53. The molecule has 2 aliphatic carbocycles. The summed E-state index contributed by atoms with van der Waals surface area (Å²) in [5.74, 6) is 0.847. The van der Waals surface area contributed by atoms with E-state index in [4.69, 9.17) is 5.73 Å². The maximum atomic E-state index is 12.7. The predicted molar refractivity (Wildman–Crippen MR) is 90.7 cm³/mol. The highest BCUT2D eigenvalue weighted by atomic mass is 16.2. The molecule has 2 amide bonds. The molecule has 3 fully saturated rings. The van der Waals surface area contributed by atoms with E-state index in [0.717, 1.165) is 24.8 Å². The van der Waals surface area contributed by atoms with Crippen LogP contribution in [0, 0.1) is 17.8 Å². The molecule has 1 heterocycles. The van der Waals surface area contributed by atoms with Crippen LogP contribution in [0.1, 0.15) is 31.2 Å². The lowest BCUT2D eigenvalue weighted by atomic mass is 9.84. The van der Waals surface area contributed by atoms with Gasteiger partial charge in [0.1, 0.15) is 6.04 Å². The molecule has 1 aliphatic heterocycles. The Bertz CT molecular complexity index is 631. The van der Waals surface area contributed by atoms with Crippen LogP contribution in [0.5, 0.6) is 0 Å². The normalized spacial score (nSPS) is 34.8. The van der Waals surface area contributed by atoms with E-state index in [1.165, 1.54) is 0 Å². The zero-order chi connectivity index (χ0) is 16.7. The predicted octanol–water partition coefficient (Wildman–Crippen LogP) is 1.28. The Morgan fingerprint density at radius 3 is 2.62 bits per heavy atom. The number of benzene rings is 1. The fourth-order valence-electron chi connectivity index (χ4n) is 4.83. The number of nitrogens with zero attached hydrogens (tertiary/aromatic N) is 1. The van der Waals surface area contributed by atoms with E-state index in [-0.39, 0.29) is 29.8 Å². The van der Waals surface area contributed by atoms with Crippen molar-refractivity contribution >= 4 is 11.8 Å². The summed E-state index contributed by atoms with van der Waals surface area (Å²) in [6, 6.07) is 9.56. The molecule has 0 radical (unpaired) electrons. The number of hydrogen-bond donors (Lipinski definition) is 2. The molecule has 5 unspecified atom stereocenters. The highest BCUT2D eigenvalue weighted by molar-refractivity contribution is 5.90. The summed E-state index contributed by atoms with van der Waals surface area (Å²) in [7, 11) is 0. The van der Waals surface area contributed by atoms with E-state index >= 15 is 0 Å². The molecule has 5 nitrogen and oxygen atoms in total. The number of amides is 2. The molecule has 3 aliphatic rings. The standard InChI is InChI=1S/C19H25N3O2/c20-17-14-7-6-13(10-14)16(17)18(23)21-15-8-9-22(19(15)24)11-12-4-2-1-3-5-12/h1-5,13-17H,6-11,20H2,(H,21,23). The zero-order valence-corrected chi connectivity index (χ0v) is 13.9. The van der Waals surface area contributed by atoms with E-state index in [0.29, 0.717) is 31.3 Å². The molecular weight excluding hydrogens is 302 g/mol. The first-order valence-electron chi connectivity index (χ1n) is 9.02. The number of fused-ring (bicyclic) bond motifs is 2. The number of nitrogens with two attached hydrogens (primary N) is 1. The smallest absolute Gasteiger partial charge is 0.245 e. The van der Waals surface area contributed by atoms with Crippen molar-refractivity contribution in [3.05, 3.63) is 35.9 Å². The van der Waals surface area contributed by atoms with Crippen LogP contribution in [0.2, 0.25) is 0 Å². The maximum Gasteiger partial charge on any atom is 0.245 e. The summed E-state index contributed by atoms with van der Waals surface area (Å²) >= 11 is 0. The summed E-state index contributed by atoms with van der Waals surface area (Å²) in [5, 5.41) is 2.99. The Balaban J connectivity index is 1.36. The van der Waals surface area contributed by atoms with Crippen molar-refractivity contribution in [2.45, 2.75) is 44.3 Å². The maximum absolute atomic E-state index is 12.7. The first-order chi connectivity index (χ1) is 11.6. The van der Waals surface area contributed by atoms with Gasteiger partial charge in [0.05, 0.1) is 5.92 Å². The minimum atomic E-state index is -0.382. The topological polar surface area (TPSA) is 75.4 Å². The van der Waals surface area contributed by atoms with Crippen LogP contribution in [-0.4, -0.2) is 35.3 Å². The minimum absolute atomic E-state index is 0.00499. The van der Waals surface area contributed by atoms with Crippen LogP contribution < -0.4 is 11.1 Å². The van der Waals surface area contributed by atoms with Crippen LogP contribution in [0.3, 0.4) is 0 Å². The largest absolute Gasteiger partial charge is 0.344 e. The third-order valence-electron chi connectivity index (χ3n) is 6.11. The summed E-state index contributed by atoms with van der Waals surface area (Å²) in [4.78, 5) is 27.1. The Hall–Kier alpha value is -1.88. The van der Waals surface area contributed by atoms with Crippen LogP contribution in [0.25, 0.3) is 0 Å². The fourth-order valence-corrected chi connectivity index (χ4v) is 4.83. The van der Waals surface area contributed by atoms with Gasteiger partial charge in [0.2, 0.25) is 11.8 Å². The van der Waals surface area contributed by atoms with Gasteiger partial charge in [0, 0.05) is 19.1 Å². The first-order valence-corrected chi connectivity index (χ1v) is 9.02. The molecule has 4 rings (SSSR count). The van der Waals surface area contributed by atoms with Crippen molar-refractivity contribution in [3.8, 4) is 0 Å². The summed E-state index contributed by atoms with van der Waals surface area (Å²) in [5.41, 5.74) is 7.37. The SMILES string of the molecule is NC1C2CCC(C2)C1C(=O)NC1CCN(Cc2ccccc2)C1=O. The van der Waals surface area contributed by atoms with Gasteiger partial charge < -0.3 is 16.0 Å². The zero-order valence-electron chi connectivity index (χ0n) is 13.9. The van der Waals surface area contributed by atoms with Crippen molar-refractivity contribution in [3.63, 3.8) is 0 Å². The Kier molecular flexibility index (Phi) is 4.04. The summed E-state index contributed by atoms with van der Waals surface area (Å²) in [6.07, 6.45) is 4.03. The van der Waals surface area contributed by atoms with Gasteiger partial charge in [-0.05, 0) is 43.1 Å². The minimum Gasteiger partial charge on any atom is -0.344 e. The van der Waals surface area contributed by atoms with Crippen LogP contribution >= 0.6 is 0 Å². The molecule has 1 aromatic carbocycles. The number of carbonyl (C=O) groups is 2. The fraction of sp³-hybridized carbons (Fsp3) is 0.579. The lowest BCUT2D eigenvalue weighted by Crippen LogP contribution is -2.50. The molecule has 0 aromatic heterocycles. The monoisotopic (exact) mass is 327 g/mol. The molecule has 1 aromatic rings. The number of hydrogen-bond acceptors (Lipinski definition) is 3. The van der Waals surface area contributed by atoms with Crippen LogP contribution in [-0.2, 0) is 16.1 Å². The van der Waals surface area contributed by atoms with Crippen molar-refractivity contribution < 1.29 is 9.59 Å². The number of rotatable bonds is 4.